The fraction of sp³-hybridized carbons (Fsp3) is 0.778. The minimum absolute atomic E-state index is 0. The van der Waals surface area contributed by atoms with Crippen LogP contribution in [0.5, 0.6) is 0 Å². The molecule has 0 radical (unpaired) electrons. The number of carbonyl (C=O) groups excluding carboxylic acids is 1. The molecule has 2 saturated heterocycles. The molecular weight excluding hydrogens is 191 g/mol. The van der Waals surface area contributed by atoms with Gasteiger partial charge in [-0.2, -0.15) is 0 Å². The Hall–Kier alpha value is 1.07. The summed E-state index contributed by atoms with van der Waals surface area (Å²) in [5.74, 6) is 0.301. The Morgan fingerprint density at radius 1 is 1.46 bits per heavy atom. The molecular formula is C9H15KN2O. The molecule has 0 spiro atoms. The monoisotopic (exact) mass is 206 g/mol. The molecule has 2 rings (SSSR count). The van der Waals surface area contributed by atoms with E-state index < -0.39 is 0 Å². The zero-order valence-electron chi connectivity index (χ0n) is 8.49. The zero-order chi connectivity index (χ0) is 8.72. The summed E-state index contributed by atoms with van der Waals surface area (Å²) in [4.78, 5) is 15.5. The van der Waals surface area contributed by atoms with Crippen LogP contribution in [0.4, 0.5) is 0 Å². The Balaban J connectivity index is 0.000000845. The molecule has 2 fully saturated rings. The number of amides is 1. The number of rotatable bonds is 1. The first-order valence-corrected chi connectivity index (χ1v) is 4.59. The summed E-state index contributed by atoms with van der Waals surface area (Å²) < 4.78 is 0. The second-order valence-electron chi connectivity index (χ2n) is 3.71. The summed E-state index contributed by atoms with van der Waals surface area (Å²) in [6.07, 6.45) is 1.77. The van der Waals surface area contributed by atoms with Crippen LogP contribution in [0.25, 0.3) is 0 Å². The summed E-state index contributed by atoms with van der Waals surface area (Å²) in [5, 5.41) is 0. The van der Waals surface area contributed by atoms with Gasteiger partial charge in [0.05, 0.1) is 0 Å². The maximum Gasteiger partial charge on any atom is 1.00 e. The topological polar surface area (TPSA) is 23.6 Å². The maximum atomic E-state index is 11.4. The quantitative estimate of drug-likeness (QED) is 0.349. The fourth-order valence-electron chi connectivity index (χ4n) is 2.26. The average molecular weight is 206 g/mol. The van der Waals surface area contributed by atoms with Gasteiger partial charge in [0.2, 0.25) is 5.91 Å². The van der Waals surface area contributed by atoms with Crippen molar-refractivity contribution in [1.29, 1.82) is 0 Å². The SMILES string of the molecule is [CH2-]N1CC2CC1CN2C(=O)CC.[K+]. The van der Waals surface area contributed by atoms with Crippen LogP contribution in [0.1, 0.15) is 19.8 Å². The molecule has 3 nitrogen and oxygen atoms in total. The van der Waals surface area contributed by atoms with Crippen molar-refractivity contribution in [1.82, 2.24) is 9.80 Å². The molecule has 0 aromatic rings. The largest absolute Gasteiger partial charge is 1.00 e. The Kier molecular flexibility index (Phi) is 4.41. The van der Waals surface area contributed by atoms with Crippen molar-refractivity contribution in [3.8, 4) is 0 Å². The summed E-state index contributed by atoms with van der Waals surface area (Å²) in [6.45, 7) is 3.80. The molecule has 2 atom stereocenters. The molecule has 2 unspecified atom stereocenters. The second-order valence-corrected chi connectivity index (χ2v) is 3.71. The van der Waals surface area contributed by atoms with E-state index in [0.717, 1.165) is 19.5 Å². The molecule has 4 heteroatoms. The number of fused-ring (bicyclic) bond motifs is 2. The summed E-state index contributed by atoms with van der Waals surface area (Å²) >= 11 is 0. The van der Waals surface area contributed by atoms with Crippen LogP contribution in [0.15, 0.2) is 0 Å². The van der Waals surface area contributed by atoms with Gasteiger partial charge in [-0.25, -0.2) is 0 Å². The average Bonchev–Trinajstić information content (AvgIpc) is 2.60. The van der Waals surface area contributed by atoms with Crippen LogP contribution in [-0.4, -0.2) is 40.9 Å². The molecule has 0 N–H and O–H groups in total. The van der Waals surface area contributed by atoms with Gasteiger partial charge in [-0.05, 0) is 13.0 Å². The van der Waals surface area contributed by atoms with E-state index in [0.29, 0.717) is 24.4 Å². The Labute approximate surface area is 122 Å². The number of nitrogens with zero attached hydrogens (tertiary/aromatic N) is 2. The molecule has 2 aliphatic heterocycles. The van der Waals surface area contributed by atoms with E-state index in [9.17, 15) is 4.79 Å². The van der Waals surface area contributed by atoms with Crippen LogP contribution < -0.4 is 51.4 Å². The van der Waals surface area contributed by atoms with Crippen LogP contribution in [-0.2, 0) is 4.79 Å². The van der Waals surface area contributed by atoms with Crippen molar-refractivity contribution in [2.75, 3.05) is 13.1 Å². The summed E-state index contributed by atoms with van der Waals surface area (Å²) in [5.41, 5.74) is 0. The minimum Gasteiger partial charge on any atom is -0.453 e. The van der Waals surface area contributed by atoms with Gasteiger partial charge < -0.3 is 9.80 Å². The standard InChI is InChI=1S/C9H15N2O.K/c1-3-9(12)11-6-7-4-8(11)5-10(7)2;/h7-8H,2-6H2,1H3;/q-1;+1. The molecule has 0 aromatic carbocycles. The normalized spacial score (nSPS) is 32.0. The van der Waals surface area contributed by atoms with Crippen molar-refractivity contribution in [3.63, 3.8) is 0 Å². The van der Waals surface area contributed by atoms with Crippen molar-refractivity contribution >= 4 is 5.91 Å². The first-order chi connectivity index (χ1) is 5.72. The molecule has 1 amide bonds. The Morgan fingerprint density at radius 3 is 2.54 bits per heavy atom. The van der Waals surface area contributed by atoms with Crippen LogP contribution >= 0.6 is 0 Å². The predicted octanol–water partition coefficient (Wildman–Crippen LogP) is -2.52. The second kappa shape index (κ2) is 4.72. The van der Waals surface area contributed by atoms with Gasteiger partial charge >= 0.3 is 51.4 Å². The van der Waals surface area contributed by atoms with Crippen LogP contribution in [0, 0.1) is 7.05 Å². The third-order valence-corrected chi connectivity index (χ3v) is 2.98. The number of piperazine rings is 1. The Morgan fingerprint density at radius 2 is 2.15 bits per heavy atom. The molecule has 0 aromatic heterocycles. The summed E-state index contributed by atoms with van der Waals surface area (Å²) in [7, 11) is 3.94. The minimum atomic E-state index is 0. The Bertz CT molecular complexity index is 208. The van der Waals surface area contributed by atoms with E-state index in [2.05, 4.69) is 11.9 Å². The van der Waals surface area contributed by atoms with Gasteiger partial charge in [0.25, 0.3) is 0 Å². The molecule has 2 bridgehead atoms. The van der Waals surface area contributed by atoms with Crippen molar-refractivity contribution in [2.24, 2.45) is 0 Å². The van der Waals surface area contributed by atoms with E-state index in [4.69, 9.17) is 0 Å². The van der Waals surface area contributed by atoms with Gasteiger partial charge in [0.15, 0.2) is 0 Å². The molecule has 13 heavy (non-hydrogen) atoms. The number of likely N-dealkylation sites (tertiary alicyclic amines) is 2. The molecule has 0 saturated carbocycles. The predicted molar refractivity (Wildman–Crippen MR) is 46.3 cm³/mol. The molecule has 2 heterocycles. The number of carbonyl (C=O) groups is 1. The van der Waals surface area contributed by atoms with E-state index in [1.54, 1.807) is 0 Å². The maximum absolute atomic E-state index is 11.4. The number of hydrogen-bond donors (Lipinski definition) is 0. The van der Waals surface area contributed by atoms with Gasteiger partial charge in [-0.3, -0.25) is 11.8 Å². The van der Waals surface area contributed by atoms with Gasteiger partial charge in [-0.15, -0.1) is 0 Å². The third-order valence-electron chi connectivity index (χ3n) is 2.98. The van der Waals surface area contributed by atoms with E-state index >= 15 is 0 Å². The van der Waals surface area contributed by atoms with E-state index in [1.807, 2.05) is 11.8 Å². The molecule has 0 aliphatic carbocycles. The van der Waals surface area contributed by atoms with Gasteiger partial charge in [0, 0.05) is 25.0 Å². The van der Waals surface area contributed by atoms with Crippen LogP contribution in [0.2, 0.25) is 0 Å². The first-order valence-electron chi connectivity index (χ1n) is 4.59. The van der Waals surface area contributed by atoms with E-state index in [-0.39, 0.29) is 51.4 Å². The third kappa shape index (κ3) is 2.18. The van der Waals surface area contributed by atoms with Crippen molar-refractivity contribution in [3.05, 3.63) is 7.05 Å². The van der Waals surface area contributed by atoms with E-state index in [1.165, 1.54) is 0 Å². The molecule has 68 valence electrons. The van der Waals surface area contributed by atoms with Gasteiger partial charge in [0.1, 0.15) is 0 Å². The molecule has 2 aliphatic rings. The van der Waals surface area contributed by atoms with Gasteiger partial charge in [-0.1, -0.05) is 6.92 Å². The van der Waals surface area contributed by atoms with Crippen molar-refractivity contribution < 1.29 is 56.2 Å². The van der Waals surface area contributed by atoms with Crippen molar-refractivity contribution in [2.45, 2.75) is 31.8 Å². The number of hydrogen-bond acceptors (Lipinski definition) is 2. The van der Waals surface area contributed by atoms with Crippen LogP contribution in [0.3, 0.4) is 0 Å². The fourth-order valence-corrected chi connectivity index (χ4v) is 2.26. The summed E-state index contributed by atoms with van der Waals surface area (Å²) in [6, 6.07) is 0.991. The zero-order valence-corrected chi connectivity index (χ0v) is 11.6. The smallest absolute Gasteiger partial charge is 0.453 e. The first kappa shape index (κ1) is 12.1.